The average Bonchev–Trinajstić information content (AvgIpc) is 2.69. The summed E-state index contributed by atoms with van der Waals surface area (Å²) < 4.78 is 14.9. The Morgan fingerprint density at radius 2 is 1.36 bits per heavy atom. The van der Waals surface area contributed by atoms with Gasteiger partial charge in [0.2, 0.25) is 11.8 Å². The Balaban J connectivity index is 5.10. The van der Waals surface area contributed by atoms with E-state index < -0.39 is 50.3 Å². The fourth-order valence-corrected chi connectivity index (χ4v) is 2.74. The molecule has 0 bridgehead atoms. The SMILES string of the molecule is N=C(N)NCCC[C@H](NC(=O)[C@H](CCCNC(=N)N)NC(=O)[C@@H](N)COP(=O)(O)O)C(=O)O. The van der Waals surface area contributed by atoms with E-state index in [4.69, 9.17) is 37.8 Å². The number of carbonyl (C=O) groups is 3. The van der Waals surface area contributed by atoms with Crippen LogP contribution in [0.5, 0.6) is 0 Å². The average molecular weight is 497 g/mol. The molecule has 0 saturated carbocycles. The first-order valence-corrected chi connectivity index (χ1v) is 11.2. The van der Waals surface area contributed by atoms with Crippen molar-refractivity contribution in [1.29, 1.82) is 10.8 Å². The van der Waals surface area contributed by atoms with Crippen LogP contribution in [0, 0.1) is 10.8 Å². The summed E-state index contributed by atoms with van der Waals surface area (Å²) >= 11 is 0. The van der Waals surface area contributed by atoms with E-state index in [9.17, 15) is 24.1 Å². The second-order valence-electron chi connectivity index (χ2n) is 6.82. The highest BCUT2D eigenvalue weighted by Crippen LogP contribution is 2.35. The molecule has 18 heteroatoms. The van der Waals surface area contributed by atoms with Crippen LogP contribution in [0.25, 0.3) is 0 Å². The van der Waals surface area contributed by atoms with Crippen LogP contribution in [0.2, 0.25) is 0 Å². The number of amides is 2. The van der Waals surface area contributed by atoms with E-state index in [1.54, 1.807) is 0 Å². The maximum Gasteiger partial charge on any atom is 0.469 e. The van der Waals surface area contributed by atoms with Gasteiger partial charge in [-0.2, -0.15) is 0 Å². The van der Waals surface area contributed by atoms with Crippen molar-refractivity contribution in [3.63, 3.8) is 0 Å². The van der Waals surface area contributed by atoms with Gasteiger partial charge >= 0.3 is 13.8 Å². The maximum atomic E-state index is 12.7. The number of nitrogens with two attached hydrogens (primary N) is 3. The fourth-order valence-electron chi connectivity index (χ4n) is 2.39. The molecule has 0 spiro atoms. The van der Waals surface area contributed by atoms with E-state index in [0.29, 0.717) is 0 Å². The van der Waals surface area contributed by atoms with Gasteiger partial charge in [-0.3, -0.25) is 24.9 Å². The van der Waals surface area contributed by atoms with E-state index in [1.165, 1.54) is 0 Å². The van der Waals surface area contributed by atoms with Gasteiger partial charge in [-0.05, 0) is 25.7 Å². The quantitative estimate of drug-likeness (QED) is 0.0419. The normalized spacial score (nSPS) is 13.8. The van der Waals surface area contributed by atoms with Crippen molar-refractivity contribution >= 4 is 37.5 Å². The third-order valence-corrected chi connectivity index (χ3v) is 4.46. The first-order chi connectivity index (χ1) is 15.2. The minimum Gasteiger partial charge on any atom is -0.480 e. The number of carbonyl (C=O) groups excluding carboxylic acids is 2. The molecule has 0 unspecified atom stereocenters. The molecule has 0 saturated heterocycles. The number of nitrogens with one attached hydrogen (secondary N) is 6. The number of rotatable bonds is 16. The lowest BCUT2D eigenvalue weighted by molar-refractivity contribution is -0.142. The zero-order valence-electron chi connectivity index (χ0n) is 17.7. The van der Waals surface area contributed by atoms with Crippen LogP contribution in [0.3, 0.4) is 0 Å². The van der Waals surface area contributed by atoms with Crippen molar-refractivity contribution in [2.24, 2.45) is 17.2 Å². The minimum absolute atomic E-state index is 0.00214. The molecule has 0 fully saturated rings. The number of aliphatic carboxylic acids is 1. The molecule has 3 atom stereocenters. The lowest BCUT2D eigenvalue weighted by Gasteiger charge is -2.23. The Bertz CT molecular complexity index is 747. The minimum atomic E-state index is -4.86. The lowest BCUT2D eigenvalue weighted by Crippen LogP contribution is -2.55. The van der Waals surface area contributed by atoms with Crippen molar-refractivity contribution in [2.75, 3.05) is 19.7 Å². The Morgan fingerprint density at radius 3 is 1.79 bits per heavy atom. The summed E-state index contributed by atoms with van der Waals surface area (Å²) in [7, 11) is -4.86. The number of phosphoric acid groups is 1. The maximum absolute atomic E-state index is 12.7. The lowest BCUT2D eigenvalue weighted by atomic mass is 10.1. The van der Waals surface area contributed by atoms with Crippen LogP contribution in [0.1, 0.15) is 25.7 Å². The molecule has 0 aromatic carbocycles. The number of carboxylic acids is 1. The Morgan fingerprint density at radius 1 is 0.909 bits per heavy atom. The summed E-state index contributed by atoms with van der Waals surface area (Å²) in [6.45, 7) is -0.432. The summed E-state index contributed by atoms with van der Waals surface area (Å²) in [6.07, 6.45) is 0.513. The molecule has 0 aliphatic rings. The third kappa shape index (κ3) is 15.5. The second-order valence-corrected chi connectivity index (χ2v) is 8.06. The van der Waals surface area contributed by atoms with Crippen molar-refractivity contribution in [1.82, 2.24) is 21.3 Å². The highest BCUT2D eigenvalue weighted by atomic mass is 31.2. The van der Waals surface area contributed by atoms with Gasteiger partial charge in [-0.25, -0.2) is 9.36 Å². The molecule has 0 rings (SSSR count). The number of guanidine groups is 2. The van der Waals surface area contributed by atoms with Gasteiger partial charge in [-0.15, -0.1) is 0 Å². The van der Waals surface area contributed by atoms with Gasteiger partial charge in [0.15, 0.2) is 11.9 Å². The van der Waals surface area contributed by atoms with E-state index in [2.05, 4.69) is 25.8 Å². The highest BCUT2D eigenvalue weighted by molar-refractivity contribution is 7.46. The summed E-state index contributed by atoms with van der Waals surface area (Å²) in [5.41, 5.74) is 15.8. The third-order valence-electron chi connectivity index (χ3n) is 3.98. The van der Waals surface area contributed by atoms with Crippen molar-refractivity contribution in [3.8, 4) is 0 Å². The molecule has 0 aliphatic heterocycles. The molecule has 33 heavy (non-hydrogen) atoms. The molecular weight excluding hydrogens is 465 g/mol. The summed E-state index contributed by atoms with van der Waals surface area (Å²) in [6, 6.07) is -4.06. The van der Waals surface area contributed by atoms with Gasteiger partial charge in [0, 0.05) is 13.1 Å². The molecule has 15 N–H and O–H groups in total. The Kier molecular flexibility index (Phi) is 13.6. The van der Waals surface area contributed by atoms with Gasteiger partial charge in [0.25, 0.3) is 0 Å². The van der Waals surface area contributed by atoms with Crippen LogP contribution in [-0.4, -0.2) is 82.4 Å². The van der Waals surface area contributed by atoms with E-state index >= 15 is 0 Å². The van der Waals surface area contributed by atoms with Gasteiger partial charge in [0.05, 0.1) is 6.61 Å². The molecule has 190 valence electrons. The van der Waals surface area contributed by atoms with Gasteiger partial charge in [0.1, 0.15) is 18.1 Å². The Labute approximate surface area is 189 Å². The summed E-state index contributed by atoms with van der Waals surface area (Å²) in [5.74, 6) is -3.70. The number of hydrogen-bond donors (Lipinski definition) is 12. The molecule has 0 heterocycles. The topological polar surface area (TPSA) is 312 Å². The van der Waals surface area contributed by atoms with Crippen LogP contribution in [0.15, 0.2) is 0 Å². The fraction of sp³-hybridized carbons (Fsp3) is 0.667. The molecule has 17 nitrogen and oxygen atoms in total. The molecule has 0 aromatic rings. The second kappa shape index (κ2) is 15.0. The van der Waals surface area contributed by atoms with Crippen LogP contribution >= 0.6 is 7.82 Å². The molecular formula is C15H32N9O8P. The first kappa shape index (κ1) is 30.0. The predicted molar refractivity (Wildman–Crippen MR) is 116 cm³/mol. The van der Waals surface area contributed by atoms with E-state index in [-0.39, 0.29) is 50.7 Å². The van der Waals surface area contributed by atoms with Gasteiger partial charge in [-0.1, -0.05) is 0 Å². The monoisotopic (exact) mass is 497 g/mol. The largest absolute Gasteiger partial charge is 0.480 e. The molecule has 0 aliphatic carbocycles. The number of phosphoric ester groups is 1. The van der Waals surface area contributed by atoms with Gasteiger partial charge < -0.3 is 53.4 Å². The smallest absolute Gasteiger partial charge is 0.469 e. The predicted octanol–water partition coefficient (Wildman–Crippen LogP) is -4.00. The zero-order valence-corrected chi connectivity index (χ0v) is 18.6. The molecule has 0 radical (unpaired) electrons. The van der Waals surface area contributed by atoms with Crippen LogP contribution < -0.4 is 38.5 Å². The number of carboxylic acid groups (broad SMARTS) is 1. The zero-order chi connectivity index (χ0) is 25.6. The van der Waals surface area contributed by atoms with Crippen LogP contribution in [0.4, 0.5) is 0 Å². The van der Waals surface area contributed by atoms with E-state index in [1.807, 2.05) is 0 Å². The molecule has 2 amide bonds. The highest BCUT2D eigenvalue weighted by Gasteiger charge is 2.28. The standard InChI is InChI=1S/C15H32N9O8P/c16-8(7-32-33(29,30)31)11(25)23-9(3-1-5-21-14(17)18)12(26)24-10(13(27)28)4-2-6-22-15(19)20/h8-10H,1-7,16H2,(H,23,25)(H,24,26)(H,27,28)(H4,17,18,21)(H4,19,20,22)(H2,29,30,31)/t8-,9-,10-/m0/s1. The summed E-state index contributed by atoms with van der Waals surface area (Å²) in [5, 5.41) is 33.1. The van der Waals surface area contributed by atoms with Crippen LogP contribution in [-0.2, 0) is 23.5 Å². The summed E-state index contributed by atoms with van der Waals surface area (Å²) in [4.78, 5) is 53.8. The van der Waals surface area contributed by atoms with Crippen molar-refractivity contribution < 1.29 is 38.4 Å². The van der Waals surface area contributed by atoms with Crippen molar-refractivity contribution in [2.45, 2.75) is 43.8 Å². The van der Waals surface area contributed by atoms with E-state index in [0.717, 1.165) is 0 Å². The Hall–Kier alpha value is -2.98. The number of hydrogen-bond acceptors (Lipinski definition) is 8. The molecule has 0 aromatic heterocycles. The first-order valence-electron chi connectivity index (χ1n) is 9.68. The van der Waals surface area contributed by atoms with Crippen molar-refractivity contribution in [3.05, 3.63) is 0 Å².